The van der Waals surface area contributed by atoms with Gasteiger partial charge in [0.15, 0.2) is 4.77 Å². The Bertz CT molecular complexity index is 643. The van der Waals surface area contributed by atoms with Gasteiger partial charge in [0, 0.05) is 0 Å². The average Bonchev–Trinajstić information content (AvgIpc) is 2.28. The molecule has 0 aliphatic heterocycles. The number of methoxy groups -OCH3 is 1. The van der Waals surface area contributed by atoms with Gasteiger partial charge in [-0.25, -0.2) is 0 Å². The summed E-state index contributed by atoms with van der Waals surface area (Å²) < 4.78 is 6.53. The molecule has 88 valence electrons. The summed E-state index contributed by atoms with van der Waals surface area (Å²) in [7, 11) is 1.57. The van der Waals surface area contributed by atoms with Gasteiger partial charge in [-0.05, 0) is 36.5 Å². The molecule has 0 fully saturated rings. The van der Waals surface area contributed by atoms with E-state index in [4.69, 9.17) is 17.0 Å². The molecule has 0 unspecified atom stereocenters. The second kappa shape index (κ2) is 4.42. The molecule has 0 bridgehead atoms. The van der Waals surface area contributed by atoms with Crippen LogP contribution in [0.1, 0.15) is 0 Å². The van der Waals surface area contributed by atoms with E-state index in [1.807, 2.05) is 0 Å². The molecule has 1 heterocycles. The predicted octanol–water partition coefficient (Wildman–Crippen LogP) is 1.61. The van der Waals surface area contributed by atoms with Gasteiger partial charge < -0.3 is 9.84 Å². The molecule has 2 rings (SSSR count). The fourth-order valence-electron chi connectivity index (χ4n) is 1.46. The minimum Gasteiger partial charge on any atom is -0.497 e. The molecule has 2 N–H and O–H groups in total. The Hall–Kier alpha value is -2.08. The Morgan fingerprint density at radius 2 is 2.00 bits per heavy atom. The van der Waals surface area contributed by atoms with Gasteiger partial charge in [0.25, 0.3) is 5.56 Å². The lowest BCUT2D eigenvalue weighted by Crippen LogP contribution is -2.10. The van der Waals surface area contributed by atoms with Gasteiger partial charge in [-0.3, -0.25) is 14.3 Å². The zero-order chi connectivity index (χ0) is 12.4. The number of H-pyrrole nitrogens is 1. The largest absolute Gasteiger partial charge is 0.497 e. The highest BCUT2D eigenvalue weighted by Crippen LogP contribution is 2.18. The maximum atomic E-state index is 11.1. The summed E-state index contributed by atoms with van der Waals surface area (Å²) in [6.45, 7) is 0. The van der Waals surface area contributed by atoms with Crippen molar-refractivity contribution in [3.63, 3.8) is 0 Å². The quantitative estimate of drug-likeness (QED) is 0.795. The highest BCUT2D eigenvalue weighted by Gasteiger charge is 2.04. The fraction of sp³-hybridized carbons (Fsp3) is 0.0909. The van der Waals surface area contributed by atoms with Crippen LogP contribution in [0.5, 0.6) is 11.6 Å². The highest BCUT2D eigenvalue weighted by atomic mass is 32.1. The number of nitrogens with one attached hydrogen (secondary N) is 1. The monoisotopic (exact) mass is 250 g/mol. The van der Waals surface area contributed by atoms with E-state index in [9.17, 15) is 9.90 Å². The number of hydrogen-bond acceptors (Lipinski definition) is 4. The zero-order valence-corrected chi connectivity index (χ0v) is 9.82. The average molecular weight is 250 g/mol. The summed E-state index contributed by atoms with van der Waals surface area (Å²) in [5, 5.41) is 9.70. The van der Waals surface area contributed by atoms with Gasteiger partial charge in [0.05, 0.1) is 18.9 Å². The van der Waals surface area contributed by atoms with Crippen molar-refractivity contribution in [1.29, 1.82) is 0 Å². The molecule has 1 aromatic carbocycles. The molecule has 2 aromatic rings. The van der Waals surface area contributed by atoms with Crippen molar-refractivity contribution in [2.24, 2.45) is 0 Å². The topological polar surface area (TPSA) is 67.2 Å². The van der Waals surface area contributed by atoms with Crippen LogP contribution in [-0.2, 0) is 0 Å². The van der Waals surface area contributed by atoms with Crippen LogP contribution in [0.4, 0.5) is 0 Å². The first-order chi connectivity index (χ1) is 8.11. The summed E-state index contributed by atoms with van der Waals surface area (Å²) in [4.78, 5) is 13.5. The molecule has 5 nitrogen and oxygen atoms in total. The highest BCUT2D eigenvalue weighted by molar-refractivity contribution is 7.71. The Kier molecular flexibility index (Phi) is 2.97. The van der Waals surface area contributed by atoms with E-state index in [-0.39, 0.29) is 10.7 Å². The molecular weight excluding hydrogens is 240 g/mol. The van der Waals surface area contributed by atoms with Crippen LogP contribution in [0.15, 0.2) is 35.1 Å². The first-order valence-electron chi connectivity index (χ1n) is 4.81. The smallest absolute Gasteiger partial charge is 0.255 e. The van der Waals surface area contributed by atoms with Crippen molar-refractivity contribution >= 4 is 12.2 Å². The minimum absolute atomic E-state index is 0.139. The molecule has 0 atom stereocenters. The maximum Gasteiger partial charge on any atom is 0.255 e. The number of aromatic hydroxyl groups is 1. The summed E-state index contributed by atoms with van der Waals surface area (Å²) in [6.07, 6.45) is 0. The normalized spacial score (nSPS) is 10.2. The molecule has 6 heteroatoms. The van der Waals surface area contributed by atoms with Gasteiger partial charge in [-0.2, -0.15) is 0 Å². The number of ether oxygens (including phenoxy) is 1. The summed E-state index contributed by atoms with van der Waals surface area (Å²) in [6, 6.07) is 8.00. The van der Waals surface area contributed by atoms with E-state index in [2.05, 4.69) is 4.98 Å². The summed E-state index contributed by atoms with van der Waals surface area (Å²) >= 11 is 4.99. The van der Waals surface area contributed by atoms with Crippen molar-refractivity contribution in [3.8, 4) is 17.3 Å². The Morgan fingerprint density at radius 3 is 2.53 bits per heavy atom. The molecule has 0 saturated carbocycles. The van der Waals surface area contributed by atoms with E-state index in [1.54, 1.807) is 31.4 Å². The summed E-state index contributed by atoms with van der Waals surface area (Å²) in [5.74, 6) is 0.494. The molecule has 0 radical (unpaired) electrons. The van der Waals surface area contributed by atoms with E-state index in [0.29, 0.717) is 11.4 Å². The van der Waals surface area contributed by atoms with Crippen molar-refractivity contribution in [2.45, 2.75) is 0 Å². The van der Waals surface area contributed by atoms with Crippen LogP contribution in [-0.4, -0.2) is 21.8 Å². The van der Waals surface area contributed by atoms with E-state index in [0.717, 1.165) is 6.07 Å². The van der Waals surface area contributed by atoms with Crippen molar-refractivity contribution < 1.29 is 9.84 Å². The first-order valence-corrected chi connectivity index (χ1v) is 5.22. The molecule has 0 aliphatic rings. The SMILES string of the molecule is COc1ccc(-n2c(O)cc(=O)[nH]c2=S)cc1. The van der Waals surface area contributed by atoms with Crippen molar-refractivity contribution in [2.75, 3.05) is 7.11 Å². The number of rotatable bonds is 2. The maximum absolute atomic E-state index is 11.1. The molecule has 0 aliphatic carbocycles. The van der Waals surface area contributed by atoms with Gasteiger partial charge in [0.2, 0.25) is 5.88 Å². The van der Waals surface area contributed by atoms with Crippen LogP contribution in [0.2, 0.25) is 0 Å². The van der Waals surface area contributed by atoms with Crippen LogP contribution in [0.3, 0.4) is 0 Å². The molecule has 0 saturated heterocycles. The predicted molar refractivity (Wildman–Crippen MR) is 65.4 cm³/mol. The van der Waals surface area contributed by atoms with E-state index < -0.39 is 5.56 Å². The number of aromatic nitrogens is 2. The number of hydrogen-bond donors (Lipinski definition) is 2. The Balaban J connectivity index is 2.60. The van der Waals surface area contributed by atoms with E-state index >= 15 is 0 Å². The Labute approximate surface area is 102 Å². The number of benzene rings is 1. The number of nitrogens with zero attached hydrogens (tertiary/aromatic N) is 1. The third-order valence-electron chi connectivity index (χ3n) is 2.25. The third-order valence-corrected chi connectivity index (χ3v) is 2.54. The standard InChI is InChI=1S/C11H10N2O3S/c1-16-8-4-2-7(3-5-8)13-10(15)6-9(14)12-11(13)17/h2-6,15H,1H3,(H,12,14,17). The summed E-state index contributed by atoms with van der Waals surface area (Å²) in [5.41, 5.74) is 0.210. The molecule has 17 heavy (non-hydrogen) atoms. The van der Waals surface area contributed by atoms with Crippen molar-refractivity contribution in [3.05, 3.63) is 45.5 Å². The van der Waals surface area contributed by atoms with Crippen molar-refractivity contribution in [1.82, 2.24) is 9.55 Å². The first kappa shape index (κ1) is 11.4. The third kappa shape index (κ3) is 2.21. The Morgan fingerprint density at radius 1 is 1.35 bits per heavy atom. The second-order valence-electron chi connectivity index (χ2n) is 3.33. The van der Waals surface area contributed by atoms with Crippen LogP contribution in [0.25, 0.3) is 5.69 Å². The lowest BCUT2D eigenvalue weighted by atomic mass is 10.3. The lowest BCUT2D eigenvalue weighted by Gasteiger charge is -2.09. The second-order valence-corrected chi connectivity index (χ2v) is 3.72. The molecule has 0 amide bonds. The molecular formula is C11H10N2O3S. The lowest BCUT2D eigenvalue weighted by molar-refractivity contribution is 0.414. The van der Waals surface area contributed by atoms with Gasteiger partial charge >= 0.3 is 0 Å². The molecule has 1 aromatic heterocycles. The van der Waals surface area contributed by atoms with Gasteiger partial charge in [0.1, 0.15) is 5.75 Å². The van der Waals surface area contributed by atoms with Crippen LogP contribution in [0, 0.1) is 4.77 Å². The minimum atomic E-state index is -0.433. The van der Waals surface area contributed by atoms with Crippen LogP contribution < -0.4 is 10.3 Å². The van der Waals surface area contributed by atoms with E-state index in [1.165, 1.54) is 4.57 Å². The van der Waals surface area contributed by atoms with Gasteiger partial charge in [-0.15, -0.1) is 0 Å². The zero-order valence-electron chi connectivity index (χ0n) is 9.01. The van der Waals surface area contributed by atoms with Crippen LogP contribution >= 0.6 is 12.2 Å². The number of aromatic amines is 1. The van der Waals surface area contributed by atoms with Gasteiger partial charge in [-0.1, -0.05) is 0 Å². The fourth-order valence-corrected chi connectivity index (χ4v) is 1.76. The molecule has 0 spiro atoms.